The first-order valence-corrected chi connectivity index (χ1v) is 13.6. The number of carbonyl (C=O) groups is 2. The molecule has 9 heteroatoms. The summed E-state index contributed by atoms with van der Waals surface area (Å²) in [4.78, 5) is 28.3. The molecule has 0 spiro atoms. The fourth-order valence-corrected chi connectivity index (χ4v) is 4.74. The SMILES string of the molecule is CC[C@H](C)NC(=O)[C@H](C)N(Cc1ccc(C)cc1)C(=O)CN(c1cc(C)ccc1C)S(=O)(=O)N(C)C. The molecule has 2 aromatic rings. The first kappa shape index (κ1) is 29.3. The number of hydrogen-bond donors (Lipinski definition) is 1. The highest BCUT2D eigenvalue weighted by Gasteiger charge is 2.33. The largest absolute Gasteiger partial charge is 0.352 e. The molecular weight excluding hydrogens is 476 g/mol. The Morgan fingerprint density at radius 1 is 0.944 bits per heavy atom. The van der Waals surface area contributed by atoms with Gasteiger partial charge in [0.05, 0.1) is 5.69 Å². The first-order valence-electron chi connectivity index (χ1n) is 12.2. The molecule has 0 aliphatic heterocycles. The summed E-state index contributed by atoms with van der Waals surface area (Å²) in [5, 5.41) is 2.94. The van der Waals surface area contributed by atoms with Crippen molar-refractivity contribution in [3.63, 3.8) is 0 Å². The lowest BCUT2D eigenvalue weighted by atomic mass is 10.1. The Labute approximate surface area is 216 Å². The van der Waals surface area contributed by atoms with Crippen molar-refractivity contribution in [1.29, 1.82) is 0 Å². The minimum Gasteiger partial charge on any atom is -0.352 e. The highest BCUT2D eigenvalue weighted by molar-refractivity contribution is 7.90. The molecule has 2 aromatic carbocycles. The van der Waals surface area contributed by atoms with Crippen molar-refractivity contribution in [2.75, 3.05) is 24.9 Å². The van der Waals surface area contributed by atoms with Crippen LogP contribution in [0.15, 0.2) is 42.5 Å². The van der Waals surface area contributed by atoms with Crippen LogP contribution in [0.2, 0.25) is 0 Å². The van der Waals surface area contributed by atoms with Gasteiger partial charge in [-0.25, -0.2) is 4.31 Å². The van der Waals surface area contributed by atoms with E-state index < -0.39 is 28.7 Å². The van der Waals surface area contributed by atoms with Crippen LogP contribution in [0, 0.1) is 20.8 Å². The average Bonchev–Trinajstić information content (AvgIpc) is 2.82. The predicted molar refractivity (Wildman–Crippen MR) is 145 cm³/mol. The van der Waals surface area contributed by atoms with Crippen molar-refractivity contribution in [2.24, 2.45) is 0 Å². The zero-order chi connectivity index (χ0) is 27.2. The molecule has 8 nitrogen and oxygen atoms in total. The zero-order valence-electron chi connectivity index (χ0n) is 22.7. The van der Waals surface area contributed by atoms with Gasteiger partial charge < -0.3 is 10.2 Å². The van der Waals surface area contributed by atoms with E-state index in [0.717, 1.165) is 37.3 Å². The fourth-order valence-electron chi connectivity index (χ4n) is 3.63. The molecule has 0 fully saturated rings. The molecule has 2 rings (SSSR count). The van der Waals surface area contributed by atoms with E-state index in [2.05, 4.69) is 5.32 Å². The summed E-state index contributed by atoms with van der Waals surface area (Å²) in [6.07, 6.45) is 0.756. The lowest BCUT2D eigenvalue weighted by Crippen LogP contribution is -2.53. The molecule has 198 valence electrons. The van der Waals surface area contributed by atoms with Crippen LogP contribution in [0.3, 0.4) is 0 Å². The number of hydrogen-bond acceptors (Lipinski definition) is 4. The number of amides is 2. The summed E-state index contributed by atoms with van der Waals surface area (Å²) >= 11 is 0. The summed E-state index contributed by atoms with van der Waals surface area (Å²) in [6, 6.07) is 12.4. The first-order chi connectivity index (χ1) is 16.8. The van der Waals surface area contributed by atoms with Crippen molar-refractivity contribution >= 4 is 27.7 Å². The van der Waals surface area contributed by atoms with Gasteiger partial charge in [-0.05, 0) is 63.8 Å². The van der Waals surface area contributed by atoms with Gasteiger partial charge in [0.2, 0.25) is 11.8 Å². The Morgan fingerprint density at radius 2 is 1.53 bits per heavy atom. The highest BCUT2D eigenvalue weighted by Crippen LogP contribution is 2.26. The van der Waals surface area contributed by atoms with Gasteiger partial charge in [-0.2, -0.15) is 12.7 Å². The molecule has 0 unspecified atom stereocenters. The second-order valence-electron chi connectivity index (χ2n) is 9.59. The van der Waals surface area contributed by atoms with Crippen LogP contribution >= 0.6 is 0 Å². The van der Waals surface area contributed by atoms with Crippen LogP contribution in [-0.2, 0) is 26.3 Å². The second-order valence-corrected chi connectivity index (χ2v) is 11.7. The van der Waals surface area contributed by atoms with Crippen molar-refractivity contribution < 1.29 is 18.0 Å². The molecule has 0 aromatic heterocycles. The summed E-state index contributed by atoms with van der Waals surface area (Å²) in [7, 11) is -1.12. The van der Waals surface area contributed by atoms with E-state index in [-0.39, 0.29) is 18.5 Å². The number of rotatable bonds is 11. The lowest BCUT2D eigenvalue weighted by Gasteiger charge is -2.33. The molecule has 2 atom stereocenters. The molecule has 0 bridgehead atoms. The number of carbonyl (C=O) groups excluding carboxylic acids is 2. The molecule has 0 saturated heterocycles. The predicted octanol–water partition coefficient (Wildman–Crippen LogP) is 3.56. The Kier molecular flexibility index (Phi) is 10.1. The Bertz CT molecular complexity index is 1160. The van der Waals surface area contributed by atoms with E-state index in [1.165, 1.54) is 19.0 Å². The zero-order valence-corrected chi connectivity index (χ0v) is 23.5. The van der Waals surface area contributed by atoms with Crippen LogP contribution < -0.4 is 9.62 Å². The molecule has 1 N–H and O–H groups in total. The second kappa shape index (κ2) is 12.4. The molecular formula is C27H40N4O4S. The normalized spacial score (nSPS) is 13.2. The number of aryl methyl sites for hydroxylation is 3. The number of nitrogens with zero attached hydrogens (tertiary/aromatic N) is 3. The number of benzene rings is 2. The smallest absolute Gasteiger partial charge is 0.304 e. The van der Waals surface area contributed by atoms with Crippen LogP contribution in [0.4, 0.5) is 5.69 Å². The van der Waals surface area contributed by atoms with Gasteiger partial charge in [0.25, 0.3) is 0 Å². The molecule has 36 heavy (non-hydrogen) atoms. The van der Waals surface area contributed by atoms with Gasteiger partial charge in [0, 0.05) is 26.7 Å². The minimum absolute atomic E-state index is 0.0446. The van der Waals surface area contributed by atoms with Gasteiger partial charge in [-0.15, -0.1) is 0 Å². The fraction of sp³-hybridized carbons (Fsp3) is 0.481. The summed E-state index contributed by atoms with van der Waals surface area (Å²) in [5.74, 6) is -0.743. The van der Waals surface area contributed by atoms with E-state index in [9.17, 15) is 18.0 Å². The van der Waals surface area contributed by atoms with E-state index in [0.29, 0.717) is 5.69 Å². The lowest BCUT2D eigenvalue weighted by molar-refractivity contribution is -0.139. The Hall–Kier alpha value is -2.91. The number of nitrogens with one attached hydrogen (secondary N) is 1. The molecule has 2 amide bonds. The third kappa shape index (κ3) is 7.30. The minimum atomic E-state index is -3.99. The van der Waals surface area contributed by atoms with Crippen molar-refractivity contribution in [3.05, 3.63) is 64.7 Å². The highest BCUT2D eigenvalue weighted by atomic mass is 32.2. The quantitative estimate of drug-likeness (QED) is 0.495. The summed E-state index contributed by atoms with van der Waals surface area (Å²) < 4.78 is 28.9. The van der Waals surface area contributed by atoms with Crippen LogP contribution in [-0.4, -0.2) is 62.2 Å². The van der Waals surface area contributed by atoms with Crippen molar-refractivity contribution in [2.45, 2.75) is 66.6 Å². The molecule has 0 aliphatic carbocycles. The van der Waals surface area contributed by atoms with E-state index in [4.69, 9.17) is 0 Å². The van der Waals surface area contributed by atoms with Gasteiger partial charge >= 0.3 is 10.2 Å². The maximum absolute atomic E-state index is 13.8. The van der Waals surface area contributed by atoms with Crippen molar-refractivity contribution in [3.8, 4) is 0 Å². The Morgan fingerprint density at radius 3 is 2.08 bits per heavy atom. The van der Waals surface area contributed by atoms with E-state index in [1.807, 2.05) is 71.0 Å². The summed E-state index contributed by atoms with van der Waals surface area (Å²) in [6.45, 7) is 11.0. The third-order valence-electron chi connectivity index (χ3n) is 6.29. The van der Waals surface area contributed by atoms with Gasteiger partial charge in [0.15, 0.2) is 0 Å². The standard InChI is InChI=1S/C27H40N4O4S/c1-9-22(5)28-27(33)23(6)30(17-24-14-11-19(2)12-15-24)26(32)18-31(36(34,35)29(7)8)25-16-20(3)10-13-21(25)4/h10-16,22-23H,9,17-18H2,1-8H3,(H,28,33)/t22-,23-/m0/s1. The van der Waals surface area contributed by atoms with Crippen LogP contribution in [0.25, 0.3) is 0 Å². The molecule has 0 aliphatic rings. The number of anilines is 1. The van der Waals surface area contributed by atoms with Gasteiger partial charge in [0.1, 0.15) is 12.6 Å². The maximum Gasteiger partial charge on any atom is 0.304 e. The van der Waals surface area contributed by atoms with Crippen molar-refractivity contribution in [1.82, 2.24) is 14.5 Å². The average molecular weight is 517 g/mol. The topological polar surface area (TPSA) is 90.0 Å². The van der Waals surface area contributed by atoms with Gasteiger partial charge in [-0.1, -0.05) is 48.9 Å². The Balaban J connectivity index is 2.49. The monoisotopic (exact) mass is 516 g/mol. The van der Waals surface area contributed by atoms with E-state index in [1.54, 1.807) is 13.0 Å². The molecule has 0 radical (unpaired) electrons. The van der Waals surface area contributed by atoms with Crippen LogP contribution in [0.5, 0.6) is 0 Å². The molecule has 0 heterocycles. The van der Waals surface area contributed by atoms with E-state index >= 15 is 0 Å². The third-order valence-corrected chi connectivity index (χ3v) is 8.10. The molecule has 0 saturated carbocycles. The summed E-state index contributed by atoms with van der Waals surface area (Å²) in [5.41, 5.74) is 3.97. The maximum atomic E-state index is 13.8. The van der Waals surface area contributed by atoms with Crippen LogP contribution in [0.1, 0.15) is 49.4 Å². The van der Waals surface area contributed by atoms with Gasteiger partial charge in [-0.3, -0.25) is 9.59 Å².